The second-order valence-electron chi connectivity index (χ2n) is 9.67. The van der Waals surface area contributed by atoms with Crippen LogP contribution in [0.15, 0.2) is 54.7 Å². The molecule has 1 aliphatic rings. The maximum atomic E-state index is 13.0. The number of imidazole rings is 1. The van der Waals surface area contributed by atoms with Gasteiger partial charge in [0.25, 0.3) is 0 Å². The van der Waals surface area contributed by atoms with Gasteiger partial charge in [0, 0.05) is 43.9 Å². The van der Waals surface area contributed by atoms with Crippen LogP contribution in [0.1, 0.15) is 48.4 Å². The summed E-state index contributed by atoms with van der Waals surface area (Å²) in [6.45, 7) is 2.88. The zero-order chi connectivity index (χ0) is 26.5. The van der Waals surface area contributed by atoms with E-state index in [1.165, 1.54) is 11.9 Å². The minimum absolute atomic E-state index is 0. The summed E-state index contributed by atoms with van der Waals surface area (Å²) in [6, 6.07) is 15.3. The first-order valence-electron chi connectivity index (χ1n) is 12.5. The summed E-state index contributed by atoms with van der Waals surface area (Å²) in [4.78, 5) is 47.0. The first-order chi connectivity index (χ1) is 17.8. The molecular formula is C28H35Cl2N5O4. The van der Waals surface area contributed by atoms with Gasteiger partial charge in [-0.3, -0.25) is 9.59 Å². The number of nitrogens with one attached hydrogen (secondary N) is 1. The van der Waals surface area contributed by atoms with Gasteiger partial charge in [-0.25, -0.2) is 9.78 Å². The smallest absolute Gasteiger partial charge is 0.407 e. The predicted molar refractivity (Wildman–Crippen MR) is 155 cm³/mol. The number of aromatic nitrogens is 2. The average molecular weight is 577 g/mol. The highest BCUT2D eigenvalue weighted by Gasteiger charge is 2.32. The van der Waals surface area contributed by atoms with Crippen molar-refractivity contribution >= 4 is 42.6 Å². The molecule has 1 aliphatic heterocycles. The number of likely N-dealkylation sites (tertiary alicyclic amines) is 1. The number of hydrogen-bond acceptors (Lipinski definition) is 5. The second-order valence-corrected chi connectivity index (χ2v) is 9.67. The zero-order valence-corrected chi connectivity index (χ0v) is 23.6. The summed E-state index contributed by atoms with van der Waals surface area (Å²) in [5.74, 6) is 0.632. The molecule has 4 N–H and O–H groups in total. The number of nitrogens with two attached hydrogens (primary N) is 1. The molecule has 1 saturated heterocycles. The number of hydrogen-bond donors (Lipinski definition) is 3. The lowest BCUT2D eigenvalue weighted by Gasteiger charge is -2.25. The molecule has 1 aromatic heterocycles. The number of nitrogens with zero attached hydrogens (tertiary/aromatic N) is 3. The van der Waals surface area contributed by atoms with Gasteiger partial charge in [0.2, 0.25) is 5.91 Å². The molecule has 0 radical (unpaired) electrons. The molecular weight excluding hydrogens is 541 g/mol. The lowest BCUT2D eigenvalue weighted by Crippen LogP contribution is -2.35. The maximum Gasteiger partial charge on any atom is 0.407 e. The summed E-state index contributed by atoms with van der Waals surface area (Å²) in [5.41, 5.74) is 9.84. The minimum Gasteiger partial charge on any atom is -0.465 e. The molecule has 0 aliphatic carbocycles. The van der Waals surface area contributed by atoms with Gasteiger partial charge >= 0.3 is 6.09 Å². The summed E-state index contributed by atoms with van der Waals surface area (Å²) >= 11 is 0. The van der Waals surface area contributed by atoms with E-state index in [9.17, 15) is 14.4 Å². The fraction of sp³-hybridized carbons (Fsp3) is 0.357. The van der Waals surface area contributed by atoms with E-state index in [0.717, 1.165) is 41.1 Å². The largest absolute Gasteiger partial charge is 0.465 e. The van der Waals surface area contributed by atoms with Gasteiger partial charge in [0.1, 0.15) is 5.82 Å². The van der Waals surface area contributed by atoms with Crippen LogP contribution in [-0.2, 0) is 4.79 Å². The van der Waals surface area contributed by atoms with Crippen molar-refractivity contribution in [2.75, 3.05) is 26.7 Å². The number of carbonyl (C=O) groups excluding carboxylic acids is 2. The van der Waals surface area contributed by atoms with Crippen molar-refractivity contribution in [2.24, 2.45) is 11.7 Å². The van der Waals surface area contributed by atoms with Gasteiger partial charge in [-0.05, 0) is 29.9 Å². The van der Waals surface area contributed by atoms with E-state index in [4.69, 9.17) is 15.8 Å². The predicted octanol–water partition coefficient (Wildman–Crippen LogP) is 5.03. The third-order valence-corrected chi connectivity index (χ3v) is 6.83. The van der Waals surface area contributed by atoms with Crippen molar-refractivity contribution in [3.05, 3.63) is 66.1 Å². The molecule has 0 saturated carbocycles. The van der Waals surface area contributed by atoms with Gasteiger partial charge < -0.3 is 25.6 Å². The summed E-state index contributed by atoms with van der Waals surface area (Å²) in [6.07, 6.45) is 2.91. The highest BCUT2D eigenvalue weighted by Crippen LogP contribution is 2.33. The van der Waals surface area contributed by atoms with Crippen molar-refractivity contribution in [1.29, 1.82) is 0 Å². The number of halogens is 2. The Kier molecular flexibility index (Phi) is 11.5. The van der Waals surface area contributed by atoms with E-state index in [-0.39, 0.29) is 55.0 Å². The molecule has 0 spiro atoms. The number of H-pyrrole nitrogens is 1. The first-order valence-corrected chi connectivity index (χ1v) is 12.5. The normalized spacial score (nSPS) is 15.2. The molecule has 39 heavy (non-hydrogen) atoms. The average Bonchev–Trinajstić information content (AvgIpc) is 3.58. The lowest BCUT2D eigenvalue weighted by molar-refractivity contribution is -0.133. The molecule has 9 nitrogen and oxygen atoms in total. The number of benzene rings is 2. The van der Waals surface area contributed by atoms with Crippen LogP contribution < -0.4 is 5.73 Å². The summed E-state index contributed by atoms with van der Waals surface area (Å²) in [7, 11) is 1.51. The quantitative estimate of drug-likeness (QED) is 0.306. The number of rotatable bonds is 9. The van der Waals surface area contributed by atoms with Crippen molar-refractivity contribution in [1.82, 2.24) is 19.8 Å². The fourth-order valence-electron chi connectivity index (χ4n) is 4.83. The Labute approximate surface area is 240 Å². The van der Waals surface area contributed by atoms with Crippen molar-refractivity contribution < 1.29 is 19.5 Å². The van der Waals surface area contributed by atoms with E-state index < -0.39 is 6.09 Å². The van der Waals surface area contributed by atoms with Gasteiger partial charge in [-0.1, -0.05) is 55.5 Å². The van der Waals surface area contributed by atoms with Crippen molar-refractivity contribution in [3.63, 3.8) is 0 Å². The molecule has 1 fully saturated rings. The van der Waals surface area contributed by atoms with Crippen molar-refractivity contribution in [3.8, 4) is 22.4 Å². The SMILES string of the molecule is CC(CC(=O)N1CCC[C@H]1c1nc(-c2ccc(-c3ccc(C(=O)CN)cc3)cc2)c[nH]1)CN(C)C(=O)O.Cl.Cl. The molecule has 2 amide bonds. The summed E-state index contributed by atoms with van der Waals surface area (Å²) < 4.78 is 0. The van der Waals surface area contributed by atoms with Crippen LogP contribution in [0.3, 0.4) is 0 Å². The molecule has 11 heteroatoms. The number of carboxylic acid groups (broad SMARTS) is 1. The van der Waals surface area contributed by atoms with E-state index in [1.54, 1.807) is 12.1 Å². The molecule has 210 valence electrons. The molecule has 3 aromatic rings. The highest BCUT2D eigenvalue weighted by atomic mass is 35.5. The van der Waals surface area contributed by atoms with E-state index in [2.05, 4.69) is 4.98 Å². The standard InChI is InChI=1S/C28H33N5O4.2ClH/c1-18(17-32(2)28(36)37)14-26(35)33-13-3-4-24(33)27-30-16-23(31-27)21-9-5-19(6-10-21)20-7-11-22(12-8-20)25(34)15-29;;/h5-12,16,18,24H,3-4,13-15,17,29H2,1-2H3,(H,30,31)(H,36,37);2*1H/t18?,24-;;/m0../s1. The Morgan fingerprint density at radius 3 is 2.26 bits per heavy atom. The topological polar surface area (TPSA) is 133 Å². The highest BCUT2D eigenvalue weighted by molar-refractivity contribution is 5.97. The van der Waals surface area contributed by atoms with Gasteiger partial charge in [-0.15, -0.1) is 24.8 Å². The van der Waals surface area contributed by atoms with Crippen LogP contribution >= 0.6 is 24.8 Å². The third-order valence-electron chi connectivity index (χ3n) is 6.83. The second kappa shape index (κ2) is 14.1. The Morgan fingerprint density at radius 2 is 1.67 bits per heavy atom. The van der Waals surface area contributed by atoms with Gasteiger partial charge in [0.05, 0.1) is 18.3 Å². The number of Topliss-reactive ketones (excluding diaryl/α,β-unsaturated/α-hetero) is 1. The number of amides is 2. The first kappa shape index (κ1) is 31.8. The van der Waals surface area contributed by atoms with Crippen LogP contribution in [0.25, 0.3) is 22.4 Å². The molecule has 4 rings (SSSR count). The van der Waals surface area contributed by atoms with Crippen LogP contribution in [0.2, 0.25) is 0 Å². The Bertz CT molecular complexity index is 1260. The third kappa shape index (κ3) is 7.59. The van der Waals surface area contributed by atoms with Crippen LogP contribution in [0.5, 0.6) is 0 Å². The summed E-state index contributed by atoms with van der Waals surface area (Å²) in [5, 5.41) is 9.08. The zero-order valence-electron chi connectivity index (χ0n) is 22.0. The molecule has 1 unspecified atom stereocenters. The van der Waals surface area contributed by atoms with E-state index in [1.807, 2.05) is 54.4 Å². The maximum absolute atomic E-state index is 13.0. The minimum atomic E-state index is -0.994. The monoisotopic (exact) mass is 575 g/mol. The Morgan fingerprint density at radius 1 is 1.08 bits per heavy atom. The molecule has 2 heterocycles. The Hall–Kier alpha value is -3.40. The van der Waals surface area contributed by atoms with E-state index in [0.29, 0.717) is 25.1 Å². The van der Waals surface area contributed by atoms with Crippen LogP contribution in [-0.4, -0.2) is 69.3 Å². The Balaban J connectivity index is 0.00000267. The van der Waals surface area contributed by atoms with Gasteiger partial charge in [0.15, 0.2) is 5.78 Å². The van der Waals surface area contributed by atoms with Crippen LogP contribution in [0.4, 0.5) is 4.79 Å². The number of aromatic amines is 1. The lowest BCUT2D eigenvalue weighted by atomic mass is 10.0. The number of ketones is 1. The fourth-order valence-corrected chi connectivity index (χ4v) is 4.83. The van der Waals surface area contributed by atoms with Gasteiger partial charge in [-0.2, -0.15) is 0 Å². The van der Waals surface area contributed by atoms with E-state index >= 15 is 0 Å². The molecule has 2 atom stereocenters. The number of carbonyl (C=O) groups is 3. The molecule has 2 aromatic carbocycles. The van der Waals surface area contributed by atoms with Crippen LogP contribution in [0, 0.1) is 5.92 Å². The molecule has 0 bridgehead atoms. The van der Waals surface area contributed by atoms with Crippen molar-refractivity contribution in [2.45, 2.75) is 32.2 Å².